The fourth-order valence-corrected chi connectivity index (χ4v) is 20.3. The summed E-state index contributed by atoms with van der Waals surface area (Å²) in [6.45, 7) is 3.38. The average molecular weight is 2050 g/mol. The number of nitrogens with one attached hydrogen (secondary N) is 5. The molecule has 8 aromatic carbocycles. The maximum Gasteiger partial charge on any atom is 0.306 e. The van der Waals surface area contributed by atoms with Crippen LogP contribution in [0, 0.1) is 105 Å². The van der Waals surface area contributed by atoms with Crippen molar-refractivity contribution in [3.63, 3.8) is 0 Å². The van der Waals surface area contributed by atoms with Gasteiger partial charge in [0, 0.05) is 124 Å². The quantitative estimate of drug-likeness (QED) is 0.0112. The number of aldehydes is 1. The van der Waals surface area contributed by atoms with Crippen LogP contribution in [0.4, 0.5) is 35.1 Å². The molecule has 3 saturated carbocycles. The second kappa shape index (κ2) is 60.0. The van der Waals surface area contributed by atoms with Crippen molar-refractivity contribution in [3.05, 3.63) is 419 Å². The standard InChI is InChI=1S/C28H31F2N3O3S.C28H33F2N3O2S.C14H15FN2.C14H9FN2.C14H18FNO4S.C8H6FN.C6H5NO/c29-25-13-11-22(12-14-25)24(16-21-4-3-15-31-17-21)19-32-28(34)23-9-7-20(8-10-23)18-33-37(35,36)27-6-2-1-5-26(27)30;29-26-13-11-24(12-14-26)25(16-23-4-3-15-31-18-23)20-32-17-21-7-9-22(10-8-21)19-33-36(34,35)28-6-2-1-5-27(28)30;2*15-14-5-3-12(4-6-14)13(9-16)8-11-2-1-7-17-10-11;15-12-3-1-2-4-13(12)21(19,20)16-9-10-5-7-11(8-6-10)14(17)18;9-8-3-1-7(2-4-8)5-6-10;8-5-6-2-1-3-7-4-6/h1-6,11-15,17,20,23-24,33H,7-10,16,18-19H2,(H,32,34);1-6,11-15,18,21-22,25,32-33H,7-10,16-17,19-20H2;1-7,10,13H,8-9,16H2;1-8,10H;1-4,10-11,16H,5-9H2,(H,17,18);1-4H,5H2;1-5H. The minimum Gasteiger partial charge on any atom is -0.481 e. The molecule has 5 aromatic heterocycles. The molecular formula is C112H117F8N13O10S3. The van der Waals surface area contributed by atoms with E-state index in [0.717, 1.165) is 121 Å². The number of hydrogen-bond donors (Lipinski definition) is 7. The molecule has 764 valence electrons. The summed E-state index contributed by atoms with van der Waals surface area (Å²) < 4.78 is 187. The van der Waals surface area contributed by atoms with Crippen molar-refractivity contribution >= 4 is 59.9 Å². The van der Waals surface area contributed by atoms with Gasteiger partial charge in [0.15, 0.2) is 6.29 Å². The Bertz CT molecular complexity index is 6650. The summed E-state index contributed by atoms with van der Waals surface area (Å²) in [6, 6.07) is 70.3. The molecular weight excluding hydrogens is 1940 g/mol. The third kappa shape index (κ3) is 39.1. The van der Waals surface area contributed by atoms with Gasteiger partial charge >= 0.3 is 5.97 Å². The fourth-order valence-electron chi connectivity index (χ4n) is 16.8. The van der Waals surface area contributed by atoms with Gasteiger partial charge in [-0.15, -0.1) is 0 Å². The van der Waals surface area contributed by atoms with Crippen LogP contribution in [0.5, 0.6) is 0 Å². The van der Waals surface area contributed by atoms with Gasteiger partial charge in [-0.05, 0) is 323 Å². The van der Waals surface area contributed by atoms with Crippen LogP contribution in [-0.2, 0) is 65.3 Å². The Labute approximate surface area is 848 Å². The zero-order valence-electron chi connectivity index (χ0n) is 80.2. The van der Waals surface area contributed by atoms with E-state index in [1.54, 1.807) is 116 Å². The van der Waals surface area contributed by atoms with E-state index in [9.17, 15) is 74.8 Å². The highest BCUT2D eigenvalue weighted by molar-refractivity contribution is 7.90. The summed E-state index contributed by atoms with van der Waals surface area (Å²) in [6.07, 6.45) is 31.4. The SMILES string of the molecule is N#CC(=Cc1cccnc1)c1ccc(F)cc1.N#CCc1ccc(F)cc1.NCC(Cc1cccnc1)c1ccc(F)cc1.O=C(NCC(Cc1cccnc1)c1ccc(F)cc1)C1CCC(CNS(=O)(=O)c2ccccc2F)CC1.O=C(O)C1CCC(CNS(=O)(=O)c2ccccc2F)CC1.O=Cc1cccnc1.O=S(=O)(NCC1CCC(CNCC(Cc2cccnc2)c2ccc(F)cc2)CC1)c1ccccc1F. The van der Waals surface area contributed by atoms with E-state index in [1.807, 2.05) is 67.0 Å². The number of rotatable bonds is 34. The molecule has 3 aliphatic carbocycles. The molecule has 8 N–H and O–H groups in total. The number of aliphatic carboxylic acids is 1. The molecule has 23 nitrogen and oxygen atoms in total. The van der Waals surface area contributed by atoms with Crippen molar-refractivity contribution < 1.29 is 79.9 Å². The number of carboxylic acids is 1. The number of pyridine rings is 5. The van der Waals surface area contributed by atoms with Gasteiger partial charge < -0.3 is 21.5 Å². The molecule has 34 heteroatoms. The van der Waals surface area contributed by atoms with E-state index in [2.05, 4.69) is 61.9 Å². The number of carbonyl (C=O) groups is 3. The molecule has 3 atom stereocenters. The Balaban J connectivity index is 0.000000184. The van der Waals surface area contributed by atoms with Crippen LogP contribution < -0.4 is 30.5 Å². The molecule has 13 aromatic rings. The Morgan fingerprint density at radius 3 is 1.05 bits per heavy atom. The molecule has 0 bridgehead atoms. The molecule has 1 amide bonds. The van der Waals surface area contributed by atoms with Gasteiger partial charge in [0.25, 0.3) is 0 Å². The molecule has 5 heterocycles. The second-order valence-electron chi connectivity index (χ2n) is 35.4. The van der Waals surface area contributed by atoms with Crippen molar-refractivity contribution in [3.8, 4) is 12.1 Å². The molecule has 0 spiro atoms. The van der Waals surface area contributed by atoms with Gasteiger partial charge in [-0.1, -0.05) is 121 Å². The van der Waals surface area contributed by atoms with Crippen molar-refractivity contribution in [2.24, 2.45) is 41.2 Å². The summed E-state index contributed by atoms with van der Waals surface area (Å²) >= 11 is 0. The van der Waals surface area contributed by atoms with Crippen molar-refractivity contribution in [1.29, 1.82) is 10.5 Å². The largest absolute Gasteiger partial charge is 0.481 e. The number of aromatic nitrogens is 5. The first kappa shape index (κ1) is 114. The highest BCUT2D eigenvalue weighted by Crippen LogP contribution is 2.34. The Morgan fingerprint density at radius 1 is 0.384 bits per heavy atom. The Hall–Kier alpha value is -14.1. The summed E-state index contributed by atoms with van der Waals surface area (Å²) in [4.78, 5) is 52.9. The number of carboxylic acid groups (broad SMARTS) is 1. The number of allylic oxidation sites excluding steroid dienone is 1. The molecule has 146 heavy (non-hydrogen) atoms. The van der Waals surface area contributed by atoms with Crippen molar-refractivity contribution in [1.82, 2.24) is 49.7 Å². The van der Waals surface area contributed by atoms with Gasteiger partial charge in [0.05, 0.1) is 30.1 Å². The predicted molar refractivity (Wildman–Crippen MR) is 544 cm³/mol. The lowest BCUT2D eigenvalue weighted by Gasteiger charge is -2.29. The number of benzene rings is 8. The number of nitrogens with two attached hydrogens (primary N) is 1. The minimum atomic E-state index is -3.93. The van der Waals surface area contributed by atoms with Crippen LogP contribution in [0.3, 0.4) is 0 Å². The maximum absolute atomic E-state index is 13.9. The molecule has 0 radical (unpaired) electrons. The third-order valence-corrected chi connectivity index (χ3v) is 29.4. The zero-order chi connectivity index (χ0) is 104. The van der Waals surface area contributed by atoms with E-state index >= 15 is 0 Å². The maximum atomic E-state index is 13.9. The number of halogens is 8. The van der Waals surface area contributed by atoms with Crippen LogP contribution >= 0.6 is 0 Å². The van der Waals surface area contributed by atoms with Gasteiger partial charge in [0.1, 0.15) is 61.2 Å². The molecule has 3 unspecified atom stereocenters. The van der Waals surface area contributed by atoms with Crippen LogP contribution in [0.15, 0.2) is 331 Å². The van der Waals surface area contributed by atoms with Gasteiger partial charge in [-0.2, -0.15) is 10.5 Å². The highest BCUT2D eigenvalue weighted by atomic mass is 32.2. The lowest BCUT2D eigenvalue weighted by Crippen LogP contribution is -2.38. The van der Waals surface area contributed by atoms with E-state index in [4.69, 9.17) is 21.4 Å². The monoisotopic (exact) mass is 2050 g/mol. The fraction of sp³-hybridized carbons (Fsp3) is 0.286. The second-order valence-corrected chi connectivity index (χ2v) is 40.6. The van der Waals surface area contributed by atoms with Crippen LogP contribution in [0.1, 0.15) is 155 Å². The summed E-state index contributed by atoms with van der Waals surface area (Å²) in [5.74, 6) is -3.57. The highest BCUT2D eigenvalue weighted by Gasteiger charge is 2.32. The van der Waals surface area contributed by atoms with Crippen LogP contribution in [0.25, 0.3) is 11.6 Å². The van der Waals surface area contributed by atoms with Gasteiger partial charge in [-0.25, -0.2) is 74.5 Å². The minimum absolute atomic E-state index is 0.0244. The number of hydrogen-bond acceptors (Lipinski definition) is 18. The lowest BCUT2D eigenvalue weighted by molar-refractivity contribution is -0.143. The summed E-state index contributed by atoms with van der Waals surface area (Å²) in [5, 5.41) is 32.9. The van der Waals surface area contributed by atoms with Crippen LogP contribution in [-0.4, -0.2) is 119 Å². The van der Waals surface area contributed by atoms with Gasteiger partial charge in [0.2, 0.25) is 36.0 Å². The van der Waals surface area contributed by atoms with E-state index in [1.165, 1.54) is 121 Å². The molecule has 3 fully saturated rings. The Kier molecular flexibility index (Phi) is 46.8. The first-order valence-corrected chi connectivity index (χ1v) is 52.2. The first-order valence-electron chi connectivity index (χ1n) is 47.8. The normalized spacial score (nSPS) is 16.6. The van der Waals surface area contributed by atoms with E-state index in [0.29, 0.717) is 106 Å². The molecule has 0 saturated heterocycles. The van der Waals surface area contributed by atoms with E-state index < -0.39 is 53.5 Å². The zero-order valence-corrected chi connectivity index (χ0v) is 82.7. The third-order valence-electron chi connectivity index (χ3n) is 25.0. The predicted octanol–water partition coefficient (Wildman–Crippen LogP) is 20.2. The number of nitrogens with zero attached hydrogens (tertiary/aromatic N) is 7. The first-order chi connectivity index (χ1) is 70.5. The molecule has 0 aliphatic heterocycles. The number of amides is 1. The van der Waals surface area contributed by atoms with Gasteiger partial charge in [-0.3, -0.25) is 39.3 Å². The smallest absolute Gasteiger partial charge is 0.306 e. The van der Waals surface area contributed by atoms with Crippen molar-refractivity contribution in [2.45, 2.75) is 135 Å². The number of carbonyl (C=O) groups excluding carboxylic acids is 2. The number of nitriles is 2. The molecule has 16 rings (SSSR count). The van der Waals surface area contributed by atoms with Crippen molar-refractivity contribution in [2.75, 3.05) is 45.8 Å². The molecule has 3 aliphatic rings. The van der Waals surface area contributed by atoms with Crippen LogP contribution in [0.2, 0.25) is 0 Å². The Morgan fingerprint density at radius 2 is 0.712 bits per heavy atom. The lowest BCUT2D eigenvalue weighted by atomic mass is 9.81. The summed E-state index contributed by atoms with van der Waals surface area (Å²) in [5.41, 5.74) is 15.7. The topological polar surface area (TPSA) is 372 Å². The average Bonchev–Trinajstić information content (AvgIpc) is 0.839. The summed E-state index contributed by atoms with van der Waals surface area (Å²) in [7, 11) is -11.6. The van der Waals surface area contributed by atoms with E-state index in [-0.39, 0.29) is 110 Å². The number of sulfonamides is 3.